The molecule has 202 valence electrons. The van der Waals surface area contributed by atoms with Gasteiger partial charge in [-0.2, -0.15) is 0 Å². The number of carbonyl (C=O) groups excluding carboxylic acids is 2. The summed E-state index contributed by atoms with van der Waals surface area (Å²) < 4.78 is 43.8. The van der Waals surface area contributed by atoms with Crippen LogP contribution in [0.4, 0.5) is 9.59 Å². The van der Waals surface area contributed by atoms with Gasteiger partial charge in [0.2, 0.25) is 13.6 Å². The minimum atomic E-state index is -3.99. The monoisotopic (exact) mass is 660 g/mol. The van der Waals surface area contributed by atoms with E-state index in [0.29, 0.717) is 4.48 Å². The Kier molecular flexibility index (Phi) is 14.0. The van der Waals surface area contributed by atoms with E-state index < -0.39 is 56.9 Å². The van der Waals surface area contributed by atoms with Crippen LogP contribution in [0.25, 0.3) is 4.48 Å². The van der Waals surface area contributed by atoms with Crippen molar-refractivity contribution in [1.82, 2.24) is 9.55 Å². The lowest BCUT2D eigenvalue weighted by Gasteiger charge is -2.17. The molecule has 0 aliphatic heterocycles. The van der Waals surface area contributed by atoms with E-state index >= 15 is 0 Å². The zero-order chi connectivity index (χ0) is 27.3. The fourth-order valence-corrected chi connectivity index (χ4v) is 3.82. The van der Waals surface area contributed by atoms with Crippen molar-refractivity contribution in [1.29, 1.82) is 0 Å². The predicted octanol–water partition coefficient (Wildman–Crippen LogP) is 4.45. The summed E-state index contributed by atoms with van der Waals surface area (Å²) in [5, 5.41) is 0. The van der Waals surface area contributed by atoms with Crippen molar-refractivity contribution in [2.24, 2.45) is 0 Å². The van der Waals surface area contributed by atoms with Crippen molar-refractivity contribution < 1.29 is 42.1 Å². The van der Waals surface area contributed by atoms with Gasteiger partial charge in [-0.05, 0) is 48.6 Å². The number of aromatic amines is 1. The molecule has 1 N–H and O–H groups in total. The largest absolute Gasteiger partial charge is 0.510 e. The highest BCUT2D eigenvalue weighted by atomic mass is 79.9. The molecular formula is C20H27Br2N2O11P. The summed E-state index contributed by atoms with van der Waals surface area (Å²) in [6, 6.07) is 0. The van der Waals surface area contributed by atoms with Crippen molar-refractivity contribution in [2.75, 3.05) is 19.7 Å². The van der Waals surface area contributed by atoms with Gasteiger partial charge >= 0.3 is 25.6 Å². The number of nitrogens with zero attached hydrogens (tertiary/aromatic N) is 1. The Bertz CT molecular complexity index is 1080. The van der Waals surface area contributed by atoms with Crippen LogP contribution in [-0.2, 0) is 39.1 Å². The van der Waals surface area contributed by atoms with E-state index in [0.717, 1.165) is 0 Å². The third-order valence-corrected chi connectivity index (χ3v) is 7.06. The number of H-pyrrole nitrogens is 1. The fourth-order valence-electron chi connectivity index (χ4n) is 2.17. The van der Waals surface area contributed by atoms with E-state index in [1.807, 2.05) is 0 Å². The van der Waals surface area contributed by atoms with Gasteiger partial charge in [0.15, 0.2) is 0 Å². The van der Waals surface area contributed by atoms with Crippen molar-refractivity contribution >= 4 is 56.2 Å². The Hall–Kier alpha value is -2.19. The fraction of sp³-hybridized carbons (Fsp3) is 0.500. The van der Waals surface area contributed by atoms with Crippen molar-refractivity contribution in [3.05, 3.63) is 49.7 Å². The summed E-state index contributed by atoms with van der Waals surface area (Å²) in [6.45, 7) is 4.92. The number of hydrogen-bond donors (Lipinski definition) is 1. The van der Waals surface area contributed by atoms with Gasteiger partial charge in [-0.3, -0.25) is 28.0 Å². The molecule has 1 aromatic rings. The lowest BCUT2D eigenvalue weighted by Crippen LogP contribution is -2.30. The Morgan fingerprint density at radius 1 is 1.03 bits per heavy atom. The zero-order valence-electron chi connectivity index (χ0n) is 19.9. The SMILES string of the molecule is CC(C)OC(=O)OCOP(=O)(C/C=C/Cn1cc(/C(Br)=C/Br)c(=O)[nH]c1=O)OCOC(=O)OC(C)C. The molecule has 0 aliphatic rings. The van der Waals surface area contributed by atoms with Gasteiger partial charge in [0, 0.05) is 17.2 Å². The van der Waals surface area contributed by atoms with Gasteiger partial charge in [-0.15, -0.1) is 0 Å². The average Bonchev–Trinajstić information content (AvgIpc) is 2.76. The molecule has 13 nitrogen and oxygen atoms in total. The molecule has 0 bridgehead atoms. The van der Waals surface area contributed by atoms with Gasteiger partial charge in [0.25, 0.3) is 5.56 Å². The quantitative estimate of drug-likeness (QED) is 0.138. The molecule has 0 aromatic carbocycles. The van der Waals surface area contributed by atoms with Crippen LogP contribution < -0.4 is 11.2 Å². The Balaban J connectivity index is 2.86. The maximum Gasteiger partial charge on any atom is 0.510 e. The van der Waals surface area contributed by atoms with Gasteiger partial charge in [-0.25, -0.2) is 14.4 Å². The molecule has 0 atom stereocenters. The first-order chi connectivity index (χ1) is 16.9. The lowest BCUT2D eigenvalue weighted by atomic mass is 10.3. The number of carbonyl (C=O) groups is 2. The summed E-state index contributed by atoms with van der Waals surface area (Å²) in [7, 11) is -3.99. The van der Waals surface area contributed by atoms with E-state index in [-0.39, 0.29) is 18.3 Å². The molecule has 16 heteroatoms. The standard InChI is InChI=1S/C20H27Br2N2O11P/c1-13(2)34-19(27)30-11-32-36(29,33-12-31-20(28)35-14(3)4)8-6-5-7-24-10-15(16(22)9-21)17(25)23-18(24)26/h5-6,9-10,13-14H,7-8,11-12H2,1-4H3,(H,23,25,26)/b6-5+,16-9-. The maximum atomic E-state index is 13.0. The highest BCUT2D eigenvalue weighted by Crippen LogP contribution is 2.48. The molecule has 0 saturated heterocycles. The summed E-state index contributed by atoms with van der Waals surface area (Å²) in [4.78, 5) is 50.6. The average molecular weight is 662 g/mol. The maximum absolute atomic E-state index is 13.0. The number of allylic oxidation sites excluding steroid dienone is 2. The van der Waals surface area contributed by atoms with Crippen LogP contribution in [-0.4, -0.2) is 53.8 Å². The lowest BCUT2D eigenvalue weighted by molar-refractivity contribution is -0.0298. The van der Waals surface area contributed by atoms with E-state index in [1.54, 1.807) is 27.7 Å². The van der Waals surface area contributed by atoms with Crippen LogP contribution in [0.2, 0.25) is 0 Å². The van der Waals surface area contributed by atoms with Crippen molar-refractivity contribution in [3.8, 4) is 0 Å². The first kappa shape index (κ1) is 31.8. The predicted molar refractivity (Wildman–Crippen MR) is 136 cm³/mol. The highest BCUT2D eigenvalue weighted by Gasteiger charge is 2.25. The zero-order valence-corrected chi connectivity index (χ0v) is 24.0. The molecule has 0 radical (unpaired) electrons. The molecule has 1 rings (SSSR count). The van der Waals surface area contributed by atoms with E-state index in [1.165, 1.54) is 27.9 Å². The number of ether oxygens (including phenoxy) is 4. The topological polar surface area (TPSA) is 161 Å². The molecule has 36 heavy (non-hydrogen) atoms. The third kappa shape index (κ3) is 12.2. The third-order valence-electron chi connectivity index (χ3n) is 3.68. The number of hydrogen-bond acceptors (Lipinski definition) is 11. The number of aromatic nitrogens is 2. The van der Waals surface area contributed by atoms with Gasteiger partial charge in [0.1, 0.15) is 0 Å². The highest BCUT2D eigenvalue weighted by molar-refractivity contribution is 9.16. The number of halogens is 2. The van der Waals surface area contributed by atoms with Crippen LogP contribution in [0, 0.1) is 0 Å². The second-order valence-corrected chi connectivity index (χ2v) is 10.7. The molecule has 0 amide bonds. The van der Waals surface area contributed by atoms with E-state index in [9.17, 15) is 23.7 Å². The molecular weight excluding hydrogens is 635 g/mol. The minimum absolute atomic E-state index is 0.000389. The van der Waals surface area contributed by atoms with Crippen LogP contribution in [0.5, 0.6) is 0 Å². The normalized spacial score (nSPS) is 12.3. The van der Waals surface area contributed by atoms with Crippen LogP contribution in [0.15, 0.2) is 32.9 Å². The van der Waals surface area contributed by atoms with E-state index in [2.05, 4.69) is 36.8 Å². The van der Waals surface area contributed by atoms with Gasteiger partial charge in [-0.1, -0.05) is 28.1 Å². The first-order valence-corrected chi connectivity index (χ1v) is 13.8. The molecule has 1 heterocycles. The Morgan fingerprint density at radius 2 is 1.56 bits per heavy atom. The smallest absolute Gasteiger partial charge is 0.432 e. The number of rotatable bonds is 13. The second-order valence-electron chi connectivity index (χ2n) is 7.29. The summed E-state index contributed by atoms with van der Waals surface area (Å²) in [5.74, 6) is 0. The first-order valence-electron chi connectivity index (χ1n) is 10.4. The minimum Gasteiger partial charge on any atom is -0.432 e. The summed E-state index contributed by atoms with van der Waals surface area (Å²) >= 11 is 6.29. The molecule has 0 fully saturated rings. The second kappa shape index (κ2) is 15.8. The van der Waals surface area contributed by atoms with E-state index in [4.69, 9.17) is 28.0 Å². The molecule has 0 spiro atoms. The molecule has 0 saturated carbocycles. The van der Waals surface area contributed by atoms with Gasteiger partial charge in [0.05, 0.1) is 23.9 Å². The van der Waals surface area contributed by atoms with Crippen molar-refractivity contribution in [2.45, 2.75) is 46.4 Å². The molecule has 1 aromatic heterocycles. The molecule has 0 unspecified atom stereocenters. The Morgan fingerprint density at radius 3 is 2.03 bits per heavy atom. The van der Waals surface area contributed by atoms with Crippen LogP contribution in [0.1, 0.15) is 33.3 Å². The molecule has 0 aliphatic carbocycles. The Labute approximate surface area is 223 Å². The summed E-state index contributed by atoms with van der Waals surface area (Å²) in [5.41, 5.74) is -1.04. The van der Waals surface area contributed by atoms with Crippen LogP contribution >= 0.6 is 39.5 Å². The summed E-state index contributed by atoms with van der Waals surface area (Å²) in [6.07, 6.45) is 0.887. The van der Waals surface area contributed by atoms with Crippen LogP contribution in [0.3, 0.4) is 0 Å². The van der Waals surface area contributed by atoms with Gasteiger partial charge < -0.3 is 18.9 Å². The van der Waals surface area contributed by atoms with Crippen molar-refractivity contribution in [3.63, 3.8) is 0 Å². The number of nitrogens with one attached hydrogen (secondary N) is 1.